The van der Waals surface area contributed by atoms with Gasteiger partial charge in [-0.1, -0.05) is 30.3 Å². The van der Waals surface area contributed by atoms with Gasteiger partial charge in [0, 0.05) is 0 Å². The third-order valence-corrected chi connectivity index (χ3v) is 1.28. The molecule has 1 aromatic rings. The van der Waals surface area contributed by atoms with Crippen LogP contribution in [0, 0.1) is 6.07 Å². The fourth-order valence-corrected chi connectivity index (χ4v) is 0.736. The Bertz CT molecular complexity index is 264. The van der Waals surface area contributed by atoms with Crippen molar-refractivity contribution in [3.05, 3.63) is 42.0 Å². The molecule has 2 heteroatoms. The van der Waals surface area contributed by atoms with E-state index in [4.69, 9.17) is 11.6 Å². The molecule has 0 saturated carbocycles. The molecule has 0 fully saturated rings. The Labute approximate surface area is 70.3 Å². The van der Waals surface area contributed by atoms with Crippen LogP contribution < -0.4 is 0 Å². The highest BCUT2D eigenvalue weighted by atomic mass is 35.5. The highest BCUT2D eigenvalue weighted by molar-refractivity contribution is 6.66. The molecular weight excluding hydrogens is 160 g/mol. The van der Waals surface area contributed by atoms with Crippen molar-refractivity contribution in [3.63, 3.8) is 0 Å². The van der Waals surface area contributed by atoms with Crippen LogP contribution in [0.4, 0.5) is 0 Å². The Morgan fingerprint density at radius 2 is 2.09 bits per heavy atom. The van der Waals surface area contributed by atoms with E-state index in [2.05, 4.69) is 6.07 Å². The molecule has 0 bridgehead atoms. The second-order valence-electron chi connectivity index (χ2n) is 1.97. The Kier molecular flexibility index (Phi) is 2.87. The number of carbonyl (C=O) groups excluding carboxylic acids is 1. The van der Waals surface area contributed by atoms with E-state index in [1.54, 1.807) is 18.2 Å². The molecule has 1 nitrogen and oxygen atoms in total. The lowest BCUT2D eigenvalue weighted by atomic mass is 10.2. The van der Waals surface area contributed by atoms with E-state index < -0.39 is 5.24 Å². The van der Waals surface area contributed by atoms with Crippen LogP contribution in [0.25, 0.3) is 6.08 Å². The third kappa shape index (κ3) is 3.01. The van der Waals surface area contributed by atoms with Crippen LogP contribution in [0.3, 0.4) is 0 Å². The van der Waals surface area contributed by atoms with Gasteiger partial charge in [0.15, 0.2) is 0 Å². The minimum absolute atomic E-state index is 0.460. The van der Waals surface area contributed by atoms with Crippen molar-refractivity contribution in [2.45, 2.75) is 0 Å². The van der Waals surface area contributed by atoms with Crippen molar-refractivity contribution < 1.29 is 4.79 Å². The van der Waals surface area contributed by atoms with Crippen LogP contribution >= 0.6 is 11.6 Å². The number of benzene rings is 1. The summed E-state index contributed by atoms with van der Waals surface area (Å²) >= 11 is 5.09. The number of hydrogen-bond donors (Lipinski definition) is 0. The summed E-state index contributed by atoms with van der Waals surface area (Å²) in [6.45, 7) is 0. The van der Waals surface area contributed by atoms with Crippen molar-refractivity contribution in [2.24, 2.45) is 0 Å². The van der Waals surface area contributed by atoms with Crippen molar-refractivity contribution in [1.29, 1.82) is 0 Å². The Balaban J connectivity index is 2.72. The van der Waals surface area contributed by atoms with Crippen LogP contribution in [0.5, 0.6) is 0 Å². The van der Waals surface area contributed by atoms with Gasteiger partial charge < -0.3 is 0 Å². The van der Waals surface area contributed by atoms with E-state index >= 15 is 0 Å². The van der Waals surface area contributed by atoms with E-state index in [-0.39, 0.29) is 0 Å². The molecule has 0 unspecified atom stereocenters. The predicted molar refractivity (Wildman–Crippen MR) is 45.2 cm³/mol. The first-order valence-corrected chi connectivity index (χ1v) is 3.50. The fourth-order valence-electron chi connectivity index (χ4n) is 0.673. The zero-order chi connectivity index (χ0) is 8.10. The van der Waals surface area contributed by atoms with Crippen molar-refractivity contribution in [1.82, 2.24) is 0 Å². The van der Waals surface area contributed by atoms with Gasteiger partial charge in [0.1, 0.15) is 0 Å². The van der Waals surface area contributed by atoms with Gasteiger partial charge in [-0.3, -0.25) is 4.79 Å². The second-order valence-corrected chi connectivity index (χ2v) is 2.34. The molecule has 0 aliphatic heterocycles. The highest BCUT2D eigenvalue weighted by Crippen LogP contribution is 2.00. The van der Waals surface area contributed by atoms with E-state index in [0.29, 0.717) is 0 Å². The van der Waals surface area contributed by atoms with Crippen LogP contribution in [-0.4, -0.2) is 5.24 Å². The molecule has 0 saturated heterocycles. The summed E-state index contributed by atoms with van der Waals surface area (Å²) in [5, 5.41) is -0.460. The van der Waals surface area contributed by atoms with Crippen LogP contribution in [0.2, 0.25) is 0 Å². The Morgan fingerprint density at radius 3 is 2.64 bits per heavy atom. The summed E-state index contributed by atoms with van der Waals surface area (Å²) in [5.41, 5.74) is 0.942. The van der Waals surface area contributed by atoms with Gasteiger partial charge in [-0.05, 0) is 29.3 Å². The lowest BCUT2D eigenvalue weighted by molar-refractivity contribution is -0.107. The molecule has 0 N–H and O–H groups in total. The monoisotopic (exact) mass is 165 g/mol. The summed E-state index contributed by atoms with van der Waals surface area (Å²) < 4.78 is 0. The first-order chi connectivity index (χ1) is 5.29. The van der Waals surface area contributed by atoms with Gasteiger partial charge >= 0.3 is 0 Å². The summed E-state index contributed by atoms with van der Waals surface area (Å²) in [4.78, 5) is 10.3. The molecule has 0 aromatic heterocycles. The van der Waals surface area contributed by atoms with Gasteiger partial charge in [-0.15, -0.1) is 0 Å². The minimum Gasteiger partial charge on any atom is -0.276 e. The Hall–Kier alpha value is -1.08. The maximum Gasteiger partial charge on any atom is 0.245 e. The smallest absolute Gasteiger partial charge is 0.245 e. The molecule has 0 spiro atoms. The molecule has 1 aromatic carbocycles. The molecule has 0 atom stereocenters. The molecule has 1 rings (SSSR count). The summed E-state index contributed by atoms with van der Waals surface area (Å²) in [6.07, 6.45) is 2.97. The number of rotatable bonds is 2. The van der Waals surface area contributed by atoms with Gasteiger partial charge in [0.05, 0.1) is 0 Å². The molecule has 1 radical (unpaired) electrons. The number of carbonyl (C=O) groups is 1. The quantitative estimate of drug-likeness (QED) is 0.485. The molecule has 0 amide bonds. The molecule has 0 aliphatic carbocycles. The maximum atomic E-state index is 10.3. The second kappa shape index (κ2) is 3.94. The summed E-state index contributed by atoms with van der Waals surface area (Å²) in [6, 6.07) is 10.1. The van der Waals surface area contributed by atoms with Gasteiger partial charge in [0.25, 0.3) is 0 Å². The van der Waals surface area contributed by atoms with Crippen LogP contribution in [0.15, 0.2) is 30.3 Å². The third-order valence-electron chi connectivity index (χ3n) is 1.15. The first kappa shape index (κ1) is 8.02. The van der Waals surface area contributed by atoms with Crippen LogP contribution in [-0.2, 0) is 4.79 Å². The average Bonchev–Trinajstić information content (AvgIpc) is 2.03. The average molecular weight is 166 g/mol. The number of hydrogen-bond acceptors (Lipinski definition) is 1. The zero-order valence-corrected chi connectivity index (χ0v) is 6.51. The van der Waals surface area contributed by atoms with Gasteiger partial charge in [-0.2, -0.15) is 0 Å². The largest absolute Gasteiger partial charge is 0.276 e. The van der Waals surface area contributed by atoms with Crippen LogP contribution in [0.1, 0.15) is 5.56 Å². The summed E-state index contributed by atoms with van der Waals surface area (Å²) in [7, 11) is 0. The minimum atomic E-state index is -0.460. The molecular formula is C9H6ClO. The van der Waals surface area contributed by atoms with Gasteiger partial charge in [-0.25, -0.2) is 0 Å². The molecule has 0 heterocycles. The normalized spacial score (nSPS) is 10.3. The SMILES string of the molecule is O=C(Cl)C=Cc1cc[c]cc1. The number of halogens is 1. The fraction of sp³-hybridized carbons (Fsp3) is 0. The topological polar surface area (TPSA) is 17.1 Å². The lowest BCUT2D eigenvalue weighted by Crippen LogP contribution is -1.75. The molecule has 11 heavy (non-hydrogen) atoms. The molecule has 55 valence electrons. The van der Waals surface area contributed by atoms with Crippen molar-refractivity contribution in [3.8, 4) is 0 Å². The predicted octanol–water partition coefficient (Wildman–Crippen LogP) is 2.27. The summed E-state index contributed by atoms with van der Waals surface area (Å²) in [5.74, 6) is 0. The van der Waals surface area contributed by atoms with E-state index in [9.17, 15) is 4.79 Å². The van der Waals surface area contributed by atoms with Crippen molar-refractivity contribution in [2.75, 3.05) is 0 Å². The highest BCUT2D eigenvalue weighted by Gasteiger charge is 1.85. The van der Waals surface area contributed by atoms with Gasteiger partial charge in [0.2, 0.25) is 5.24 Å². The number of allylic oxidation sites excluding steroid dienone is 1. The van der Waals surface area contributed by atoms with Crippen molar-refractivity contribution >= 4 is 22.9 Å². The molecule has 0 aliphatic rings. The lowest BCUT2D eigenvalue weighted by Gasteiger charge is -1.87. The van der Waals surface area contributed by atoms with E-state index in [1.807, 2.05) is 12.1 Å². The van der Waals surface area contributed by atoms with E-state index in [1.165, 1.54) is 6.08 Å². The standard InChI is InChI=1S/C9H6ClO/c10-9(11)7-6-8-4-2-1-3-5-8/h2-7H. The van der Waals surface area contributed by atoms with E-state index in [0.717, 1.165) is 5.56 Å². The zero-order valence-electron chi connectivity index (χ0n) is 5.75. The maximum absolute atomic E-state index is 10.3. The Morgan fingerprint density at radius 1 is 1.45 bits per heavy atom. The first-order valence-electron chi connectivity index (χ1n) is 3.13.